The van der Waals surface area contributed by atoms with Crippen LogP contribution in [0.15, 0.2) is 12.4 Å². The summed E-state index contributed by atoms with van der Waals surface area (Å²) in [5.74, 6) is 0.960. The predicted octanol–water partition coefficient (Wildman–Crippen LogP) is 1.99. The van der Waals surface area contributed by atoms with E-state index < -0.39 is 0 Å². The Morgan fingerprint density at radius 1 is 1.35 bits per heavy atom. The highest BCUT2D eigenvalue weighted by Gasteiger charge is 2.26. The first-order chi connectivity index (χ1) is 8.20. The molecule has 1 aliphatic carbocycles. The quantitative estimate of drug-likeness (QED) is 0.815. The first kappa shape index (κ1) is 12.6. The van der Waals surface area contributed by atoms with E-state index in [0.29, 0.717) is 13.2 Å². The SMILES string of the molecule is Cn1ccnc1COCC1(N)CCCCCC1. The standard InChI is InChI=1S/C13H23N3O/c1-16-9-8-15-12(16)10-17-11-13(14)6-4-2-3-5-7-13/h8-9H,2-7,10-11,14H2,1H3. The van der Waals surface area contributed by atoms with Crippen molar-refractivity contribution in [1.82, 2.24) is 9.55 Å². The second-order valence-corrected chi connectivity index (χ2v) is 5.22. The fraction of sp³-hybridized carbons (Fsp3) is 0.769. The van der Waals surface area contributed by atoms with Gasteiger partial charge in [-0.3, -0.25) is 0 Å². The van der Waals surface area contributed by atoms with E-state index in [9.17, 15) is 0 Å². The predicted molar refractivity (Wildman–Crippen MR) is 67.5 cm³/mol. The number of aryl methyl sites for hydroxylation is 1. The molecule has 0 spiro atoms. The third kappa shape index (κ3) is 3.54. The topological polar surface area (TPSA) is 53.1 Å². The van der Waals surface area contributed by atoms with Gasteiger partial charge in [-0.25, -0.2) is 4.98 Å². The summed E-state index contributed by atoms with van der Waals surface area (Å²) < 4.78 is 7.73. The maximum absolute atomic E-state index is 6.38. The molecule has 0 atom stereocenters. The van der Waals surface area contributed by atoms with Crippen LogP contribution in [0.2, 0.25) is 0 Å². The van der Waals surface area contributed by atoms with Gasteiger partial charge in [-0.1, -0.05) is 25.7 Å². The molecule has 0 amide bonds. The fourth-order valence-corrected chi connectivity index (χ4v) is 2.46. The number of ether oxygens (including phenoxy) is 1. The number of hydrogen-bond acceptors (Lipinski definition) is 3. The molecule has 0 radical (unpaired) electrons. The minimum Gasteiger partial charge on any atom is -0.372 e. The number of hydrogen-bond donors (Lipinski definition) is 1. The van der Waals surface area contributed by atoms with Crippen molar-refractivity contribution in [3.63, 3.8) is 0 Å². The van der Waals surface area contributed by atoms with Crippen molar-refractivity contribution < 1.29 is 4.74 Å². The van der Waals surface area contributed by atoms with Crippen LogP contribution in [0.3, 0.4) is 0 Å². The molecule has 0 saturated heterocycles. The highest BCUT2D eigenvalue weighted by atomic mass is 16.5. The van der Waals surface area contributed by atoms with Crippen LogP contribution >= 0.6 is 0 Å². The second-order valence-electron chi connectivity index (χ2n) is 5.22. The Hall–Kier alpha value is -0.870. The van der Waals surface area contributed by atoms with E-state index in [1.54, 1.807) is 6.20 Å². The molecule has 17 heavy (non-hydrogen) atoms. The van der Waals surface area contributed by atoms with E-state index in [2.05, 4.69) is 4.98 Å². The van der Waals surface area contributed by atoms with Crippen molar-refractivity contribution in [3.8, 4) is 0 Å². The van der Waals surface area contributed by atoms with Crippen molar-refractivity contribution in [2.45, 2.75) is 50.7 Å². The Morgan fingerprint density at radius 2 is 2.06 bits per heavy atom. The van der Waals surface area contributed by atoms with E-state index in [4.69, 9.17) is 10.5 Å². The molecule has 0 unspecified atom stereocenters. The Balaban J connectivity index is 1.79. The molecule has 0 aromatic carbocycles. The Bertz CT molecular complexity index is 340. The van der Waals surface area contributed by atoms with Crippen LogP contribution in [0, 0.1) is 0 Å². The van der Waals surface area contributed by atoms with Crippen LogP contribution in [-0.2, 0) is 18.4 Å². The summed E-state index contributed by atoms with van der Waals surface area (Å²) in [4.78, 5) is 4.24. The molecule has 1 heterocycles. The molecule has 96 valence electrons. The number of nitrogens with zero attached hydrogens (tertiary/aromatic N) is 2. The normalized spacial score (nSPS) is 20.1. The van der Waals surface area contributed by atoms with Crippen LogP contribution in [0.1, 0.15) is 44.3 Å². The van der Waals surface area contributed by atoms with E-state index in [0.717, 1.165) is 18.7 Å². The highest BCUT2D eigenvalue weighted by molar-refractivity contribution is 4.90. The Labute approximate surface area is 103 Å². The summed E-state index contributed by atoms with van der Waals surface area (Å²) in [6.45, 7) is 1.21. The largest absolute Gasteiger partial charge is 0.372 e. The van der Waals surface area contributed by atoms with Crippen molar-refractivity contribution >= 4 is 0 Å². The van der Waals surface area contributed by atoms with Crippen molar-refractivity contribution in [2.75, 3.05) is 6.61 Å². The highest BCUT2D eigenvalue weighted by Crippen LogP contribution is 2.25. The number of imidazole rings is 1. The zero-order chi connectivity index (χ0) is 12.1. The monoisotopic (exact) mass is 237 g/mol. The molecular formula is C13H23N3O. The Morgan fingerprint density at radius 3 is 2.65 bits per heavy atom. The summed E-state index contributed by atoms with van der Waals surface area (Å²) in [6.07, 6.45) is 11.0. The average molecular weight is 237 g/mol. The van der Waals surface area contributed by atoms with Crippen LogP contribution in [0.4, 0.5) is 0 Å². The Kier molecular flexibility index (Phi) is 4.18. The van der Waals surface area contributed by atoms with Gasteiger partial charge in [0.15, 0.2) is 0 Å². The zero-order valence-corrected chi connectivity index (χ0v) is 10.7. The number of rotatable bonds is 4. The van der Waals surface area contributed by atoms with Crippen LogP contribution < -0.4 is 5.73 Å². The minimum absolute atomic E-state index is 0.109. The van der Waals surface area contributed by atoms with Crippen LogP contribution in [0.5, 0.6) is 0 Å². The second kappa shape index (κ2) is 5.65. The van der Waals surface area contributed by atoms with Crippen molar-refractivity contribution in [3.05, 3.63) is 18.2 Å². The lowest BCUT2D eigenvalue weighted by Crippen LogP contribution is -2.44. The van der Waals surface area contributed by atoms with Gasteiger partial charge in [0.2, 0.25) is 0 Å². The molecule has 1 aromatic heterocycles. The summed E-state index contributed by atoms with van der Waals surface area (Å²) >= 11 is 0. The zero-order valence-electron chi connectivity index (χ0n) is 10.7. The van der Waals surface area contributed by atoms with E-state index in [1.807, 2.05) is 17.8 Å². The molecule has 2 N–H and O–H groups in total. The van der Waals surface area contributed by atoms with Crippen LogP contribution in [0.25, 0.3) is 0 Å². The van der Waals surface area contributed by atoms with E-state index in [1.165, 1.54) is 25.7 Å². The lowest BCUT2D eigenvalue weighted by atomic mass is 9.93. The summed E-state index contributed by atoms with van der Waals surface area (Å²) in [7, 11) is 1.98. The summed E-state index contributed by atoms with van der Waals surface area (Å²) in [6, 6.07) is 0. The fourth-order valence-electron chi connectivity index (χ4n) is 2.46. The minimum atomic E-state index is -0.109. The first-order valence-electron chi connectivity index (χ1n) is 6.52. The molecule has 1 fully saturated rings. The third-order valence-corrected chi connectivity index (χ3v) is 3.64. The maximum Gasteiger partial charge on any atom is 0.134 e. The number of nitrogens with two attached hydrogens (primary N) is 1. The lowest BCUT2D eigenvalue weighted by Gasteiger charge is -2.27. The average Bonchev–Trinajstić information content (AvgIpc) is 2.58. The smallest absolute Gasteiger partial charge is 0.134 e. The van der Waals surface area contributed by atoms with Gasteiger partial charge in [-0.2, -0.15) is 0 Å². The van der Waals surface area contributed by atoms with Gasteiger partial charge in [0, 0.05) is 25.0 Å². The molecule has 1 aliphatic rings. The molecule has 4 heteroatoms. The molecular weight excluding hydrogens is 214 g/mol. The molecule has 1 saturated carbocycles. The van der Waals surface area contributed by atoms with Gasteiger partial charge in [0.25, 0.3) is 0 Å². The van der Waals surface area contributed by atoms with Crippen molar-refractivity contribution in [1.29, 1.82) is 0 Å². The summed E-state index contributed by atoms with van der Waals surface area (Å²) in [5.41, 5.74) is 6.27. The third-order valence-electron chi connectivity index (χ3n) is 3.64. The van der Waals surface area contributed by atoms with Gasteiger partial charge in [-0.05, 0) is 12.8 Å². The van der Waals surface area contributed by atoms with E-state index >= 15 is 0 Å². The molecule has 2 rings (SSSR count). The van der Waals surface area contributed by atoms with Crippen LogP contribution in [-0.4, -0.2) is 21.7 Å². The first-order valence-corrected chi connectivity index (χ1v) is 6.52. The van der Waals surface area contributed by atoms with Gasteiger partial charge in [-0.15, -0.1) is 0 Å². The van der Waals surface area contributed by atoms with E-state index in [-0.39, 0.29) is 5.54 Å². The molecule has 1 aromatic rings. The van der Waals surface area contributed by atoms with Gasteiger partial charge >= 0.3 is 0 Å². The summed E-state index contributed by atoms with van der Waals surface area (Å²) in [5, 5.41) is 0. The van der Waals surface area contributed by atoms with Crippen molar-refractivity contribution in [2.24, 2.45) is 12.8 Å². The molecule has 4 nitrogen and oxygen atoms in total. The van der Waals surface area contributed by atoms with Gasteiger partial charge < -0.3 is 15.0 Å². The number of aromatic nitrogens is 2. The van der Waals surface area contributed by atoms with Gasteiger partial charge in [0.1, 0.15) is 12.4 Å². The molecule has 0 bridgehead atoms. The lowest BCUT2D eigenvalue weighted by molar-refractivity contribution is 0.0618. The molecule has 0 aliphatic heterocycles. The maximum atomic E-state index is 6.38. The van der Waals surface area contributed by atoms with Gasteiger partial charge in [0.05, 0.1) is 6.61 Å².